The molecule has 0 atom stereocenters. The van der Waals surface area contributed by atoms with E-state index < -0.39 is 5.97 Å². The lowest BCUT2D eigenvalue weighted by atomic mass is 10.1. The van der Waals surface area contributed by atoms with Gasteiger partial charge >= 0.3 is 12.1 Å². The molecule has 0 spiro atoms. The first-order valence-electron chi connectivity index (χ1n) is 11.9. The Labute approximate surface area is 215 Å². The summed E-state index contributed by atoms with van der Waals surface area (Å²) in [4.78, 5) is 25.1. The zero-order valence-electron chi connectivity index (χ0n) is 19.8. The third kappa shape index (κ3) is 7.65. The Morgan fingerprint density at radius 2 is 1.42 bits per heavy atom. The number of hydrogen-bond donors (Lipinski definition) is 1. The Hall–Kier alpha value is -3.71. The minimum absolute atomic E-state index is 0.00579. The van der Waals surface area contributed by atoms with E-state index in [1.807, 2.05) is 24.3 Å². The van der Waals surface area contributed by atoms with Gasteiger partial charge in [0.25, 0.3) is 0 Å². The number of nitrogens with zero attached hydrogens (tertiary/aromatic N) is 1. The van der Waals surface area contributed by atoms with Gasteiger partial charge in [0, 0.05) is 37.4 Å². The molecule has 1 saturated heterocycles. The number of likely N-dealkylation sites (tertiary alicyclic amines) is 1. The zero-order valence-corrected chi connectivity index (χ0v) is 20.5. The van der Waals surface area contributed by atoms with Crippen LogP contribution in [0.15, 0.2) is 72.8 Å². The van der Waals surface area contributed by atoms with Crippen LogP contribution in [0.4, 0.5) is 4.79 Å². The van der Waals surface area contributed by atoms with Crippen LogP contribution in [0.3, 0.4) is 0 Å². The predicted molar refractivity (Wildman–Crippen MR) is 136 cm³/mol. The van der Waals surface area contributed by atoms with Crippen LogP contribution in [0.2, 0.25) is 5.02 Å². The summed E-state index contributed by atoms with van der Waals surface area (Å²) in [5.74, 6) is 1.11. The van der Waals surface area contributed by atoms with E-state index in [-0.39, 0.29) is 18.6 Å². The largest absolute Gasteiger partial charge is 0.493 e. The molecule has 1 aliphatic rings. The summed E-state index contributed by atoms with van der Waals surface area (Å²) in [6.45, 7) is 1.62. The number of amides is 1. The highest BCUT2D eigenvalue weighted by Gasteiger charge is 2.25. The van der Waals surface area contributed by atoms with Gasteiger partial charge in [0.15, 0.2) is 0 Å². The van der Waals surface area contributed by atoms with Crippen LogP contribution in [0.5, 0.6) is 17.2 Å². The van der Waals surface area contributed by atoms with E-state index in [9.17, 15) is 9.59 Å². The van der Waals surface area contributed by atoms with Crippen molar-refractivity contribution in [3.05, 3.63) is 88.9 Å². The van der Waals surface area contributed by atoms with E-state index in [2.05, 4.69) is 0 Å². The fourth-order valence-corrected chi connectivity index (χ4v) is 4.04. The Kier molecular flexibility index (Phi) is 8.68. The van der Waals surface area contributed by atoms with Gasteiger partial charge in [-0.05, 0) is 59.7 Å². The number of carboxylic acids is 1. The summed E-state index contributed by atoms with van der Waals surface area (Å²) in [5.41, 5.74) is 1.81. The topological polar surface area (TPSA) is 85.3 Å². The van der Waals surface area contributed by atoms with Gasteiger partial charge in [-0.15, -0.1) is 0 Å². The molecule has 0 aromatic heterocycles. The Morgan fingerprint density at radius 3 is 2.06 bits per heavy atom. The molecule has 0 unspecified atom stereocenters. The third-order valence-corrected chi connectivity index (χ3v) is 6.14. The van der Waals surface area contributed by atoms with E-state index in [1.54, 1.807) is 53.4 Å². The molecule has 1 fully saturated rings. The Balaban J connectivity index is 1.17. The molecule has 1 heterocycles. The fourth-order valence-electron chi connectivity index (χ4n) is 3.92. The highest BCUT2D eigenvalue weighted by molar-refractivity contribution is 6.30. The summed E-state index contributed by atoms with van der Waals surface area (Å²) >= 11 is 5.88. The van der Waals surface area contributed by atoms with Gasteiger partial charge in [-0.25, -0.2) is 4.79 Å². The number of aliphatic carboxylic acids is 1. The molecule has 1 N–H and O–H groups in total. The molecule has 188 valence electrons. The first-order valence-corrected chi connectivity index (χ1v) is 12.2. The van der Waals surface area contributed by atoms with E-state index in [0.29, 0.717) is 49.1 Å². The second-order valence-electron chi connectivity index (χ2n) is 8.58. The standard InChI is InChI=1S/C28H28ClNO6/c29-22-5-11-23(12-6-22)34-18-15-20-1-7-25(8-2-20)36-28(33)30-16-13-26(14-17-30)35-24-9-3-21(4-10-24)19-27(31)32/h1-12,26H,13-19H2,(H,31,32). The molecular weight excluding hydrogens is 482 g/mol. The predicted octanol–water partition coefficient (Wildman–Crippen LogP) is 5.63. The average molecular weight is 510 g/mol. The zero-order chi connectivity index (χ0) is 25.3. The summed E-state index contributed by atoms with van der Waals surface area (Å²) in [7, 11) is 0. The van der Waals surface area contributed by atoms with Crippen molar-refractivity contribution in [2.24, 2.45) is 0 Å². The van der Waals surface area contributed by atoms with Gasteiger partial charge in [0.05, 0.1) is 13.0 Å². The summed E-state index contributed by atoms with van der Waals surface area (Å²) in [6, 6.07) is 21.8. The maximum absolute atomic E-state index is 12.6. The molecule has 8 heteroatoms. The number of halogens is 1. The molecule has 0 aliphatic carbocycles. The minimum atomic E-state index is -0.862. The molecule has 0 radical (unpaired) electrons. The maximum atomic E-state index is 12.6. The lowest BCUT2D eigenvalue weighted by molar-refractivity contribution is -0.136. The molecule has 7 nitrogen and oxygen atoms in total. The summed E-state index contributed by atoms with van der Waals surface area (Å²) in [6.07, 6.45) is 1.73. The van der Waals surface area contributed by atoms with Gasteiger partial charge < -0.3 is 24.2 Å². The number of carbonyl (C=O) groups excluding carboxylic acids is 1. The molecule has 4 rings (SSSR count). The second kappa shape index (κ2) is 12.3. The van der Waals surface area contributed by atoms with Crippen molar-refractivity contribution < 1.29 is 28.9 Å². The molecule has 0 bridgehead atoms. The first kappa shape index (κ1) is 25.4. The monoisotopic (exact) mass is 509 g/mol. The Morgan fingerprint density at radius 1 is 0.833 bits per heavy atom. The lowest BCUT2D eigenvalue weighted by Crippen LogP contribution is -2.43. The van der Waals surface area contributed by atoms with Gasteiger partial charge in [-0.3, -0.25) is 4.79 Å². The molecule has 36 heavy (non-hydrogen) atoms. The van der Waals surface area contributed by atoms with Crippen molar-refractivity contribution in [1.82, 2.24) is 4.90 Å². The van der Waals surface area contributed by atoms with Crippen LogP contribution < -0.4 is 14.2 Å². The van der Waals surface area contributed by atoms with Gasteiger partial charge in [-0.2, -0.15) is 0 Å². The molecule has 0 saturated carbocycles. The number of carbonyl (C=O) groups is 2. The highest BCUT2D eigenvalue weighted by Crippen LogP contribution is 2.22. The quantitative estimate of drug-likeness (QED) is 0.402. The maximum Gasteiger partial charge on any atom is 0.415 e. The normalized spacial score (nSPS) is 13.8. The first-order chi connectivity index (χ1) is 17.4. The van der Waals surface area contributed by atoms with E-state index in [0.717, 1.165) is 23.3 Å². The van der Waals surface area contributed by atoms with Gasteiger partial charge in [0.2, 0.25) is 0 Å². The number of benzene rings is 3. The fraction of sp³-hybridized carbons (Fsp3) is 0.286. The van der Waals surface area contributed by atoms with Gasteiger partial charge in [0.1, 0.15) is 23.4 Å². The number of ether oxygens (including phenoxy) is 3. The molecule has 1 amide bonds. The number of hydrogen-bond acceptors (Lipinski definition) is 5. The average Bonchev–Trinajstić information content (AvgIpc) is 2.87. The van der Waals surface area contributed by atoms with Crippen molar-refractivity contribution in [3.63, 3.8) is 0 Å². The number of piperidine rings is 1. The van der Waals surface area contributed by atoms with Crippen molar-refractivity contribution in [1.29, 1.82) is 0 Å². The summed E-state index contributed by atoms with van der Waals surface area (Å²) < 4.78 is 17.3. The van der Waals surface area contributed by atoms with Crippen LogP contribution >= 0.6 is 11.6 Å². The second-order valence-corrected chi connectivity index (χ2v) is 9.02. The smallest absolute Gasteiger partial charge is 0.415 e. The van der Waals surface area contributed by atoms with Crippen LogP contribution in [0, 0.1) is 0 Å². The minimum Gasteiger partial charge on any atom is -0.493 e. The third-order valence-electron chi connectivity index (χ3n) is 5.88. The molecule has 1 aliphatic heterocycles. The van der Waals surface area contributed by atoms with Crippen molar-refractivity contribution >= 4 is 23.7 Å². The molecule has 3 aromatic carbocycles. The highest BCUT2D eigenvalue weighted by atomic mass is 35.5. The molecule has 3 aromatic rings. The van der Waals surface area contributed by atoms with Crippen molar-refractivity contribution in [2.45, 2.75) is 31.8 Å². The van der Waals surface area contributed by atoms with Crippen molar-refractivity contribution in [2.75, 3.05) is 19.7 Å². The SMILES string of the molecule is O=C(O)Cc1ccc(OC2CCN(C(=O)Oc3ccc(CCOc4ccc(Cl)cc4)cc3)CC2)cc1. The van der Waals surface area contributed by atoms with E-state index in [4.69, 9.17) is 30.9 Å². The summed E-state index contributed by atoms with van der Waals surface area (Å²) in [5, 5.41) is 9.54. The molecular formula is C28H28ClNO6. The van der Waals surface area contributed by atoms with Crippen LogP contribution in [0.1, 0.15) is 24.0 Å². The number of carboxylic acid groups (broad SMARTS) is 1. The number of rotatable bonds is 9. The van der Waals surface area contributed by atoms with Crippen LogP contribution in [-0.2, 0) is 17.6 Å². The van der Waals surface area contributed by atoms with E-state index in [1.165, 1.54) is 0 Å². The lowest BCUT2D eigenvalue weighted by Gasteiger charge is -2.31. The van der Waals surface area contributed by atoms with Gasteiger partial charge in [-0.1, -0.05) is 35.9 Å². The Bertz CT molecular complexity index is 1140. The van der Waals surface area contributed by atoms with Crippen molar-refractivity contribution in [3.8, 4) is 17.2 Å². The van der Waals surface area contributed by atoms with Crippen LogP contribution in [0.25, 0.3) is 0 Å². The van der Waals surface area contributed by atoms with Crippen LogP contribution in [-0.4, -0.2) is 47.9 Å². The van der Waals surface area contributed by atoms with E-state index >= 15 is 0 Å².